The number of ether oxygens (including phenoxy) is 6. The van der Waals surface area contributed by atoms with E-state index in [2.05, 4.69) is 104 Å². The highest BCUT2D eigenvalue weighted by molar-refractivity contribution is 7.90. The Hall–Kier alpha value is -7.28. The number of H-pyrrole nitrogens is 1. The molecule has 6 aromatic rings. The minimum absolute atomic E-state index is 0.0252. The first kappa shape index (κ1) is 59.3. The van der Waals surface area contributed by atoms with Crippen molar-refractivity contribution in [2.24, 2.45) is 17.3 Å². The predicted molar refractivity (Wildman–Crippen MR) is 338 cm³/mol. The van der Waals surface area contributed by atoms with Crippen LogP contribution in [0, 0.1) is 34.3 Å². The molecule has 3 aromatic carbocycles. The summed E-state index contributed by atoms with van der Waals surface area (Å²) in [5.74, 6) is 1.65. The summed E-state index contributed by atoms with van der Waals surface area (Å²) < 4.78 is 67.4. The van der Waals surface area contributed by atoms with Crippen molar-refractivity contribution in [2.75, 3.05) is 113 Å². The van der Waals surface area contributed by atoms with Crippen LogP contribution in [0.25, 0.3) is 11.0 Å². The maximum atomic E-state index is 15.0. The summed E-state index contributed by atoms with van der Waals surface area (Å²) in [5.41, 5.74) is 6.44. The van der Waals surface area contributed by atoms with Gasteiger partial charge in [-0.25, -0.2) is 18.1 Å². The van der Waals surface area contributed by atoms with Crippen LogP contribution in [0.1, 0.15) is 105 Å². The average Bonchev–Trinajstić information content (AvgIpc) is 1.34. The Balaban J connectivity index is 0.721. The summed E-state index contributed by atoms with van der Waals surface area (Å²) >= 11 is 0. The number of nitrogens with zero attached hydrogens (tertiary/aromatic N) is 8. The molecule has 0 bridgehead atoms. The molecule has 6 atom stereocenters. The smallest absolute Gasteiger partial charge is 0.297 e. The molecule has 22 nitrogen and oxygen atoms in total. The molecule has 1 unspecified atom stereocenters. The van der Waals surface area contributed by atoms with E-state index in [0.29, 0.717) is 74.3 Å². The lowest BCUT2D eigenvalue weighted by Crippen LogP contribution is -2.60. The third kappa shape index (κ3) is 11.3. The summed E-state index contributed by atoms with van der Waals surface area (Å²) in [7, 11) is -2.98. The molecule has 89 heavy (non-hydrogen) atoms. The summed E-state index contributed by atoms with van der Waals surface area (Å²) in [4.78, 5) is 52.0. The standard InChI is InChI=1S/C66H81N11O11S/c1-40(2)61(45-29-58(83-5)63(68-35-45)74-23-27-86-37-42(74)4)73-21-22-75(56(36-73)49-9-7-6-8-41(49)3)47-33-66(34-47)16-19-72(20-17-66)46-10-11-50(53(30-46)76-52-15-26-85-39-59(52)88-65-55(76)28-44-12-18-67-62(44)70-65)64(78)71-89(81,82)48-31-54(77(79)80)60-57(32-48)87-38-51(69-60)43-13-24-84-25-14-43/h6-12,18,28-32,35,40,42-43,47,51-52,56,59,61,69H,13-17,19-27,33-34,36-39H2,1-5H3,(H,67,70)(H,71,78)/t42-,51-,52-,56-,59-,61?/m0/s1. The average molecular weight is 1240 g/mol. The van der Waals surface area contributed by atoms with E-state index in [0.717, 1.165) is 107 Å². The fourth-order valence-corrected chi connectivity index (χ4v) is 16.8. The Kier molecular flexibility index (Phi) is 16.1. The maximum Gasteiger partial charge on any atom is 0.297 e. The largest absolute Gasteiger partial charge is 0.493 e. The number of aryl methyl sites for hydroxylation is 1. The number of methoxy groups -OCH3 is 1. The number of sulfonamides is 1. The predicted octanol–water partition coefficient (Wildman–Crippen LogP) is 9.32. The van der Waals surface area contributed by atoms with Gasteiger partial charge in [-0.3, -0.25) is 24.7 Å². The van der Waals surface area contributed by atoms with Crippen LogP contribution < -0.4 is 38.9 Å². The molecule has 472 valence electrons. The van der Waals surface area contributed by atoms with Crippen LogP contribution in [-0.2, 0) is 24.2 Å². The minimum atomic E-state index is -4.72. The SMILES string of the molecule is COc1cc(C(C(C)C)N2CCN(C3CC4(CCN(c5ccc(C(=O)NS(=O)(=O)c6cc7c(c([N+](=O)[O-])c6)N[C@H](C6CCOCC6)CO7)c(N6c7cc8cc[nH]c8nc7O[C@H]7COCC[C@@H]76)c5)CC4)C3)[C@H](c3ccccc3C)C2)cnc1N1CCOC[C@@H]1C. The van der Waals surface area contributed by atoms with E-state index in [1.54, 1.807) is 13.2 Å². The number of benzene rings is 3. The van der Waals surface area contributed by atoms with Crippen molar-refractivity contribution >= 4 is 61.2 Å². The lowest BCUT2D eigenvalue weighted by molar-refractivity contribution is -0.384. The fourth-order valence-electron chi connectivity index (χ4n) is 15.8. The number of carbonyl (C=O) groups excluding carboxylic acids is 1. The number of morpholine rings is 1. The number of rotatable bonds is 14. The van der Waals surface area contributed by atoms with Gasteiger partial charge in [-0.05, 0) is 129 Å². The van der Waals surface area contributed by atoms with Gasteiger partial charge in [0.15, 0.2) is 23.0 Å². The summed E-state index contributed by atoms with van der Waals surface area (Å²) in [6.45, 7) is 17.6. The quantitative estimate of drug-likeness (QED) is 0.0681. The van der Waals surface area contributed by atoms with Crippen LogP contribution in [0.4, 0.5) is 34.3 Å². The van der Waals surface area contributed by atoms with Gasteiger partial charge < -0.3 is 53.4 Å². The molecule has 1 saturated carbocycles. The molecule has 5 saturated heterocycles. The number of hydrogen-bond acceptors (Lipinski definition) is 19. The number of anilines is 5. The second-order valence-corrected chi connectivity index (χ2v) is 27.8. The molecule has 3 N–H and O–H groups in total. The van der Waals surface area contributed by atoms with Gasteiger partial charge in [0.2, 0.25) is 5.88 Å². The van der Waals surface area contributed by atoms with Gasteiger partial charge in [0.25, 0.3) is 21.6 Å². The topological polar surface area (TPSA) is 232 Å². The molecule has 23 heteroatoms. The van der Waals surface area contributed by atoms with Gasteiger partial charge in [0.05, 0.1) is 66.1 Å². The third-order valence-electron chi connectivity index (χ3n) is 20.5. The van der Waals surface area contributed by atoms with Crippen molar-refractivity contribution in [2.45, 2.75) is 120 Å². The van der Waals surface area contributed by atoms with Crippen molar-refractivity contribution in [3.8, 4) is 17.4 Å². The zero-order valence-corrected chi connectivity index (χ0v) is 52.2. The Morgan fingerprint density at radius 1 is 0.899 bits per heavy atom. The number of aromatic amines is 1. The van der Waals surface area contributed by atoms with E-state index in [-0.39, 0.29) is 71.8 Å². The molecule has 1 spiro atoms. The molecule has 3 aromatic heterocycles. The number of nitrogens with one attached hydrogen (secondary N) is 3. The molecule has 6 fully saturated rings. The molecule has 10 heterocycles. The van der Waals surface area contributed by atoms with E-state index in [9.17, 15) is 18.5 Å². The van der Waals surface area contributed by atoms with Crippen molar-refractivity contribution < 1.29 is 46.6 Å². The number of pyridine rings is 2. The van der Waals surface area contributed by atoms with Crippen LogP contribution in [0.15, 0.2) is 90.1 Å². The van der Waals surface area contributed by atoms with Gasteiger partial charge in [0.1, 0.15) is 24.0 Å². The van der Waals surface area contributed by atoms with Gasteiger partial charge in [-0.2, -0.15) is 4.98 Å². The highest BCUT2D eigenvalue weighted by Gasteiger charge is 2.51. The molecule has 1 aliphatic carbocycles. The first-order valence-corrected chi connectivity index (χ1v) is 33.3. The van der Waals surface area contributed by atoms with Gasteiger partial charge in [-0.1, -0.05) is 38.1 Å². The van der Waals surface area contributed by atoms with E-state index in [4.69, 9.17) is 38.4 Å². The highest BCUT2D eigenvalue weighted by atomic mass is 32.2. The van der Waals surface area contributed by atoms with Crippen LogP contribution in [0.3, 0.4) is 0 Å². The maximum absolute atomic E-state index is 15.0. The Bertz CT molecular complexity index is 3750. The zero-order valence-electron chi connectivity index (χ0n) is 51.4. The number of carbonyl (C=O) groups is 1. The fraction of sp³-hybridized carbons (Fsp3) is 0.530. The molecule has 14 rings (SSSR count). The number of piperidine rings is 1. The number of hydrogen-bond donors (Lipinski definition) is 3. The van der Waals surface area contributed by atoms with Crippen molar-refractivity contribution in [3.63, 3.8) is 0 Å². The van der Waals surface area contributed by atoms with Crippen LogP contribution in [0.2, 0.25) is 0 Å². The van der Waals surface area contributed by atoms with Crippen molar-refractivity contribution in [1.82, 2.24) is 29.5 Å². The molecule has 0 radical (unpaired) electrons. The number of fused-ring (bicyclic) bond motifs is 4. The van der Waals surface area contributed by atoms with Crippen molar-refractivity contribution in [3.05, 3.63) is 118 Å². The van der Waals surface area contributed by atoms with Crippen LogP contribution in [-0.4, -0.2) is 167 Å². The van der Waals surface area contributed by atoms with Gasteiger partial charge >= 0.3 is 0 Å². The van der Waals surface area contributed by atoms with Crippen LogP contribution in [0.5, 0.6) is 17.4 Å². The van der Waals surface area contributed by atoms with E-state index in [1.807, 2.05) is 30.5 Å². The Labute approximate surface area is 519 Å². The Morgan fingerprint density at radius 3 is 2.47 bits per heavy atom. The van der Waals surface area contributed by atoms with E-state index in [1.165, 1.54) is 22.8 Å². The molecular formula is C66H81N11O11S. The first-order chi connectivity index (χ1) is 43.1. The van der Waals surface area contributed by atoms with E-state index >= 15 is 4.79 Å². The van der Waals surface area contributed by atoms with E-state index < -0.39 is 37.5 Å². The molecular weight excluding hydrogens is 1150 g/mol. The van der Waals surface area contributed by atoms with Gasteiger partial charge in [-0.15, -0.1) is 0 Å². The highest BCUT2D eigenvalue weighted by Crippen LogP contribution is 2.55. The second kappa shape index (κ2) is 24.2. The van der Waals surface area contributed by atoms with Crippen LogP contribution >= 0.6 is 0 Å². The summed E-state index contributed by atoms with van der Waals surface area (Å²) in [6, 6.07) is 23.4. The number of aromatic nitrogens is 3. The third-order valence-corrected chi connectivity index (χ3v) is 21.8. The number of piperazine rings is 1. The number of nitro groups is 1. The minimum Gasteiger partial charge on any atom is -0.493 e. The Morgan fingerprint density at radius 2 is 1.70 bits per heavy atom. The molecule has 8 aliphatic rings. The van der Waals surface area contributed by atoms with Crippen molar-refractivity contribution in [1.29, 1.82) is 0 Å². The lowest BCUT2D eigenvalue weighted by Gasteiger charge is -2.59. The molecule has 1 amide bonds. The summed E-state index contributed by atoms with van der Waals surface area (Å²) in [5, 5.41) is 16.8. The zero-order chi connectivity index (χ0) is 61.3. The number of nitro benzene ring substituents is 1. The normalized spacial score (nSPS) is 24.6. The summed E-state index contributed by atoms with van der Waals surface area (Å²) in [6.07, 6.45) is 9.75. The molecule has 7 aliphatic heterocycles. The van der Waals surface area contributed by atoms with Gasteiger partial charge in [0, 0.05) is 113 Å². The first-order valence-electron chi connectivity index (χ1n) is 31.8. The monoisotopic (exact) mass is 1240 g/mol. The lowest BCUT2D eigenvalue weighted by atomic mass is 9.59. The second-order valence-electron chi connectivity index (χ2n) is 26.2. The number of amides is 1.